The Kier molecular flexibility index (Phi) is 6.09. The zero-order valence-corrected chi connectivity index (χ0v) is 12.9. The highest BCUT2D eigenvalue weighted by molar-refractivity contribution is 5.02. The minimum Gasteiger partial charge on any atom is -0.379 e. The number of nitrogens with two attached hydrogens (primary N) is 1. The quantitative estimate of drug-likeness (QED) is 0.794. The highest BCUT2D eigenvalue weighted by Gasteiger charge is 2.45. The predicted molar refractivity (Wildman–Crippen MR) is 77.7 cm³/mol. The predicted octanol–water partition coefficient (Wildman–Crippen LogP) is 2.64. The Labute approximate surface area is 113 Å². The van der Waals surface area contributed by atoms with E-state index in [9.17, 15) is 0 Å². The fourth-order valence-electron chi connectivity index (χ4n) is 3.51. The molecule has 108 valence electrons. The fourth-order valence-corrected chi connectivity index (χ4v) is 3.51. The fraction of sp³-hybridized carbons (Fsp3) is 1.00. The zero-order valence-electron chi connectivity index (χ0n) is 12.9. The minimum absolute atomic E-state index is 0.0471. The smallest absolute Gasteiger partial charge is 0.0767 e. The third-order valence-electron chi connectivity index (χ3n) is 4.32. The van der Waals surface area contributed by atoms with Crippen molar-refractivity contribution in [3.8, 4) is 0 Å². The maximum absolute atomic E-state index is 6.20. The van der Waals surface area contributed by atoms with Crippen molar-refractivity contribution in [3.05, 3.63) is 0 Å². The lowest BCUT2D eigenvalue weighted by molar-refractivity contribution is -0.0907. The van der Waals surface area contributed by atoms with Gasteiger partial charge in [0.1, 0.15) is 0 Å². The summed E-state index contributed by atoms with van der Waals surface area (Å²) in [6, 6.07) is 0.520. The van der Waals surface area contributed by atoms with Crippen LogP contribution in [-0.4, -0.2) is 42.8 Å². The molecule has 0 aromatic rings. The standard InChI is InChI=1S/C15H32N2O/c1-12(2)10-17(13(3)4)15(11-16)9-7-6-8-14(15)18-5/h12-14H,6-11,16H2,1-5H3. The second-order valence-electron chi connectivity index (χ2n) is 6.42. The molecule has 3 nitrogen and oxygen atoms in total. The summed E-state index contributed by atoms with van der Waals surface area (Å²) in [5.41, 5.74) is 6.24. The van der Waals surface area contributed by atoms with Gasteiger partial charge in [-0.05, 0) is 32.6 Å². The van der Waals surface area contributed by atoms with Crippen LogP contribution in [0.4, 0.5) is 0 Å². The molecule has 0 spiro atoms. The van der Waals surface area contributed by atoms with Crippen molar-refractivity contribution in [2.75, 3.05) is 20.2 Å². The molecule has 0 heterocycles. The van der Waals surface area contributed by atoms with Crippen LogP contribution in [0.25, 0.3) is 0 Å². The van der Waals surface area contributed by atoms with Gasteiger partial charge in [0.05, 0.1) is 11.6 Å². The van der Waals surface area contributed by atoms with Crippen molar-refractivity contribution >= 4 is 0 Å². The average Bonchev–Trinajstić information content (AvgIpc) is 2.35. The molecule has 2 unspecified atom stereocenters. The summed E-state index contributed by atoms with van der Waals surface area (Å²) in [7, 11) is 1.84. The lowest BCUT2D eigenvalue weighted by Gasteiger charge is -2.52. The second kappa shape index (κ2) is 6.88. The van der Waals surface area contributed by atoms with Gasteiger partial charge in [0.25, 0.3) is 0 Å². The molecule has 1 saturated carbocycles. The van der Waals surface area contributed by atoms with E-state index in [0.29, 0.717) is 18.5 Å². The molecule has 0 amide bonds. The summed E-state index contributed by atoms with van der Waals surface area (Å²) in [6.07, 6.45) is 5.16. The molecule has 2 N–H and O–H groups in total. The van der Waals surface area contributed by atoms with E-state index < -0.39 is 0 Å². The van der Waals surface area contributed by atoms with Crippen molar-refractivity contribution in [3.63, 3.8) is 0 Å². The Morgan fingerprint density at radius 2 is 1.94 bits per heavy atom. The highest BCUT2D eigenvalue weighted by atomic mass is 16.5. The number of nitrogens with zero attached hydrogens (tertiary/aromatic N) is 1. The van der Waals surface area contributed by atoms with E-state index in [1.165, 1.54) is 19.3 Å². The normalized spacial score (nSPS) is 29.5. The number of methoxy groups -OCH3 is 1. The molecule has 1 fully saturated rings. The van der Waals surface area contributed by atoms with E-state index in [2.05, 4.69) is 32.6 Å². The summed E-state index contributed by atoms with van der Waals surface area (Å²) in [6.45, 7) is 10.9. The Balaban J connectivity index is 2.99. The molecule has 0 radical (unpaired) electrons. The number of rotatable bonds is 6. The second-order valence-corrected chi connectivity index (χ2v) is 6.42. The van der Waals surface area contributed by atoms with Crippen LogP contribution in [0.5, 0.6) is 0 Å². The van der Waals surface area contributed by atoms with Crippen LogP contribution in [0, 0.1) is 5.92 Å². The van der Waals surface area contributed by atoms with Crippen molar-refractivity contribution in [1.29, 1.82) is 0 Å². The zero-order chi connectivity index (χ0) is 13.8. The molecule has 0 aromatic carbocycles. The van der Waals surface area contributed by atoms with Gasteiger partial charge in [-0.2, -0.15) is 0 Å². The molecule has 0 saturated heterocycles. The van der Waals surface area contributed by atoms with Crippen LogP contribution in [0.3, 0.4) is 0 Å². The molecule has 3 heteroatoms. The Morgan fingerprint density at radius 3 is 2.39 bits per heavy atom. The van der Waals surface area contributed by atoms with Crippen LogP contribution in [0.15, 0.2) is 0 Å². The molecule has 1 aliphatic rings. The maximum atomic E-state index is 6.20. The van der Waals surface area contributed by atoms with Crippen LogP contribution >= 0.6 is 0 Å². The van der Waals surface area contributed by atoms with Crippen LogP contribution in [-0.2, 0) is 4.74 Å². The first kappa shape index (κ1) is 15.9. The summed E-state index contributed by atoms with van der Waals surface area (Å²) in [5.74, 6) is 0.662. The molecule has 1 rings (SSSR count). The van der Waals surface area contributed by atoms with E-state index in [-0.39, 0.29) is 11.6 Å². The van der Waals surface area contributed by atoms with Gasteiger partial charge in [0.2, 0.25) is 0 Å². The van der Waals surface area contributed by atoms with Crippen LogP contribution in [0.2, 0.25) is 0 Å². The van der Waals surface area contributed by atoms with Crippen molar-refractivity contribution in [2.24, 2.45) is 11.7 Å². The lowest BCUT2D eigenvalue weighted by Crippen LogP contribution is -2.65. The Morgan fingerprint density at radius 1 is 1.28 bits per heavy atom. The Hall–Kier alpha value is -0.120. The van der Waals surface area contributed by atoms with Gasteiger partial charge >= 0.3 is 0 Å². The monoisotopic (exact) mass is 256 g/mol. The van der Waals surface area contributed by atoms with E-state index in [1.807, 2.05) is 7.11 Å². The third-order valence-corrected chi connectivity index (χ3v) is 4.32. The first-order valence-electron chi connectivity index (χ1n) is 7.47. The largest absolute Gasteiger partial charge is 0.379 e. The van der Waals surface area contributed by atoms with Gasteiger partial charge in [-0.1, -0.05) is 26.7 Å². The molecule has 2 atom stereocenters. The molecule has 18 heavy (non-hydrogen) atoms. The Bertz CT molecular complexity index is 243. The average molecular weight is 256 g/mol. The highest BCUT2D eigenvalue weighted by Crippen LogP contribution is 2.36. The molecule has 0 aliphatic heterocycles. The van der Waals surface area contributed by atoms with Crippen molar-refractivity contribution in [2.45, 2.75) is 71.1 Å². The van der Waals surface area contributed by atoms with E-state index in [1.54, 1.807) is 0 Å². The maximum Gasteiger partial charge on any atom is 0.0767 e. The first-order chi connectivity index (χ1) is 8.47. The van der Waals surface area contributed by atoms with Gasteiger partial charge < -0.3 is 10.5 Å². The third kappa shape index (κ3) is 3.25. The number of ether oxygens (including phenoxy) is 1. The van der Waals surface area contributed by atoms with E-state index in [0.717, 1.165) is 13.0 Å². The molecule has 0 bridgehead atoms. The van der Waals surface area contributed by atoms with Crippen LogP contribution < -0.4 is 5.73 Å². The lowest BCUT2D eigenvalue weighted by atomic mass is 9.76. The van der Waals surface area contributed by atoms with Gasteiger partial charge in [-0.25, -0.2) is 0 Å². The molecular formula is C15H32N2O. The van der Waals surface area contributed by atoms with Gasteiger partial charge in [-0.3, -0.25) is 4.90 Å². The molecule has 0 aromatic heterocycles. The van der Waals surface area contributed by atoms with Crippen molar-refractivity contribution < 1.29 is 4.74 Å². The van der Waals surface area contributed by atoms with E-state index in [4.69, 9.17) is 10.5 Å². The summed E-state index contributed by atoms with van der Waals surface area (Å²) in [4.78, 5) is 2.60. The molecule has 1 aliphatic carbocycles. The minimum atomic E-state index is 0.0471. The summed E-state index contributed by atoms with van der Waals surface area (Å²) in [5, 5.41) is 0. The first-order valence-corrected chi connectivity index (χ1v) is 7.47. The van der Waals surface area contributed by atoms with Gasteiger partial charge in [0.15, 0.2) is 0 Å². The number of hydrogen-bond acceptors (Lipinski definition) is 3. The van der Waals surface area contributed by atoms with Crippen LogP contribution in [0.1, 0.15) is 53.4 Å². The summed E-state index contributed by atoms with van der Waals surface area (Å²) >= 11 is 0. The van der Waals surface area contributed by atoms with E-state index >= 15 is 0 Å². The van der Waals surface area contributed by atoms with Gasteiger partial charge in [-0.15, -0.1) is 0 Å². The SMILES string of the molecule is COC1CCCCC1(CN)N(CC(C)C)C(C)C. The molecular weight excluding hydrogens is 224 g/mol. The van der Waals surface area contributed by atoms with Crippen molar-refractivity contribution in [1.82, 2.24) is 4.90 Å². The topological polar surface area (TPSA) is 38.5 Å². The number of hydrogen-bond donors (Lipinski definition) is 1. The van der Waals surface area contributed by atoms with Gasteiger partial charge in [0, 0.05) is 26.2 Å². The summed E-state index contributed by atoms with van der Waals surface area (Å²) < 4.78 is 5.79.